The Balaban J connectivity index is 1.68. The zero-order valence-corrected chi connectivity index (χ0v) is 19.0. The Bertz CT molecular complexity index is 1240. The number of aromatic nitrogens is 1. The van der Waals surface area contributed by atoms with Crippen molar-refractivity contribution in [1.82, 2.24) is 9.88 Å². The number of hydrogen-bond donors (Lipinski definition) is 1. The van der Waals surface area contributed by atoms with E-state index in [4.69, 9.17) is 9.47 Å². The zero-order chi connectivity index (χ0) is 23.4. The minimum Gasteiger partial charge on any atom is -0.497 e. The summed E-state index contributed by atoms with van der Waals surface area (Å²) in [5.74, 6) is 0.725. The fraction of sp³-hybridized carbons (Fsp3) is 0.222. The Morgan fingerprint density at radius 3 is 2.33 bits per heavy atom. The zero-order valence-electron chi connectivity index (χ0n) is 19.0. The number of benzene rings is 3. The van der Waals surface area contributed by atoms with Crippen LogP contribution in [0.3, 0.4) is 0 Å². The lowest BCUT2D eigenvalue weighted by Crippen LogP contribution is -2.25. The van der Waals surface area contributed by atoms with Gasteiger partial charge in [-0.15, -0.1) is 0 Å². The highest BCUT2D eigenvalue weighted by Gasteiger charge is 2.23. The van der Waals surface area contributed by atoms with Gasteiger partial charge in [-0.05, 0) is 47.0 Å². The molecule has 170 valence electrons. The second-order valence-electron chi connectivity index (χ2n) is 8.02. The van der Waals surface area contributed by atoms with Crippen molar-refractivity contribution in [3.63, 3.8) is 0 Å². The number of methoxy groups -OCH3 is 2. The largest absolute Gasteiger partial charge is 0.497 e. The highest BCUT2D eigenvalue weighted by Crippen LogP contribution is 2.37. The quantitative estimate of drug-likeness (QED) is 0.406. The molecule has 0 aliphatic rings. The lowest BCUT2D eigenvalue weighted by Gasteiger charge is -2.19. The van der Waals surface area contributed by atoms with Gasteiger partial charge in [0.25, 0.3) is 0 Å². The monoisotopic (exact) mass is 446 g/mol. The molecule has 0 saturated heterocycles. The lowest BCUT2D eigenvalue weighted by atomic mass is 9.87. The Hall–Kier alpha value is -3.80. The number of aryl methyl sites for hydroxylation is 1. The summed E-state index contributed by atoms with van der Waals surface area (Å²) in [5, 5.41) is 4.07. The average Bonchev–Trinajstić information content (AvgIpc) is 3.18. The minimum absolute atomic E-state index is 0.0981. The summed E-state index contributed by atoms with van der Waals surface area (Å²) in [4.78, 5) is 13.0. The fourth-order valence-corrected chi connectivity index (χ4v) is 4.15. The third kappa shape index (κ3) is 5.00. The van der Waals surface area contributed by atoms with Crippen molar-refractivity contribution >= 4 is 16.8 Å². The summed E-state index contributed by atoms with van der Waals surface area (Å²) in [6.07, 6.45) is 2.32. The summed E-state index contributed by atoms with van der Waals surface area (Å²) in [6.45, 7) is 0.336. The van der Waals surface area contributed by atoms with E-state index in [0.717, 1.165) is 27.6 Å². The maximum absolute atomic E-state index is 13.2. The van der Waals surface area contributed by atoms with Gasteiger partial charge in [0.2, 0.25) is 5.91 Å². The van der Waals surface area contributed by atoms with Crippen molar-refractivity contribution in [2.75, 3.05) is 14.2 Å². The van der Waals surface area contributed by atoms with Crippen molar-refractivity contribution < 1.29 is 18.7 Å². The number of ether oxygens (including phenoxy) is 2. The van der Waals surface area contributed by atoms with Crippen LogP contribution in [0, 0.1) is 5.82 Å². The summed E-state index contributed by atoms with van der Waals surface area (Å²) in [6, 6.07) is 20.0. The molecular formula is C27H27FN2O3. The van der Waals surface area contributed by atoms with E-state index in [1.807, 2.05) is 37.4 Å². The predicted octanol–water partition coefficient (Wildman–Crippen LogP) is 5.17. The van der Waals surface area contributed by atoms with Gasteiger partial charge in [0, 0.05) is 49.1 Å². The molecule has 1 unspecified atom stereocenters. The van der Waals surface area contributed by atoms with Gasteiger partial charge in [-0.3, -0.25) is 4.79 Å². The van der Waals surface area contributed by atoms with Gasteiger partial charge in [0.05, 0.1) is 14.2 Å². The van der Waals surface area contributed by atoms with E-state index in [2.05, 4.69) is 28.2 Å². The van der Waals surface area contributed by atoms with Crippen LogP contribution >= 0.6 is 0 Å². The Kier molecular flexibility index (Phi) is 6.63. The van der Waals surface area contributed by atoms with Crippen molar-refractivity contribution in [2.45, 2.75) is 18.9 Å². The van der Waals surface area contributed by atoms with Gasteiger partial charge in [-0.2, -0.15) is 0 Å². The number of carbonyl (C=O) groups excluding carboxylic acids is 1. The van der Waals surface area contributed by atoms with Gasteiger partial charge < -0.3 is 19.4 Å². The molecule has 5 nitrogen and oxygen atoms in total. The number of fused-ring (bicyclic) bond motifs is 1. The summed E-state index contributed by atoms with van der Waals surface area (Å²) in [5.41, 5.74) is 3.92. The number of hydrogen-bond acceptors (Lipinski definition) is 3. The number of amides is 1. The molecule has 0 fully saturated rings. The van der Waals surface area contributed by atoms with E-state index in [1.165, 1.54) is 12.1 Å². The molecule has 4 rings (SSSR count). The Morgan fingerprint density at radius 2 is 1.67 bits per heavy atom. The first kappa shape index (κ1) is 22.4. The molecule has 4 aromatic rings. The number of para-hydroxylation sites is 1. The van der Waals surface area contributed by atoms with Crippen LogP contribution in [0.5, 0.6) is 11.5 Å². The van der Waals surface area contributed by atoms with Crippen LogP contribution in [-0.4, -0.2) is 24.7 Å². The van der Waals surface area contributed by atoms with Crippen LogP contribution in [0.1, 0.15) is 29.0 Å². The molecule has 0 radical (unpaired) electrons. The van der Waals surface area contributed by atoms with Gasteiger partial charge in [0.15, 0.2) is 0 Å². The molecule has 0 saturated carbocycles. The van der Waals surface area contributed by atoms with E-state index in [9.17, 15) is 9.18 Å². The van der Waals surface area contributed by atoms with Gasteiger partial charge in [-0.1, -0.05) is 30.3 Å². The Morgan fingerprint density at radius 1 is 1.00 bits per heavy atom. The third-order valence-corrected chi connectivity index (χ3v) is 5.87. The van der Waals surface area contributed by atoms with E-state index in [0.29, 0.717) is 18.0 Å². The van der Waals surface area contributed by atoms with E-state index < -0.39 is 0 Å². The summed E-state index contributed by atoms with van der Waals surface area (Å²) >= 11 is 0. The molecule has 0 bridgehead atoms. The van der Waals surface area contributed by atoms with Gasteiger partial charge >= 0.3 is 0 Å². The predicted molar refractivity (Wildman–Crippen MR) is 127 cm³/mol. The Labute approximate surface area is 192 Å². The minimum atomic E-state index is -0.298. The molecule has 1 amide bonds. The van der Waals surface area contributed by atoms with Crippen LogP contribution < -0.4 is 14.8 Å². The second kappa shape index (κ2) is 9.77. The maximum atomic E-state index is 13.2. The molecule has 1 heterocycles. The summed E-state index contributed by atoms with van der Waals surface area (Å²) < 4.78 is 26.2. The van der Waals surface area contributed by atoms with Crippen molar-refractivity contribution in [3.05, 3.63) is 95.4 Å². The van der Waals surface area contributed by atoms with Crippen LogP contribution in [0.2, 0.25) is 0 Å². The summed E-state index contributed by atoms with van der Waals surface area (Å²) in [7, 11) is 5.23. The topological polar surface area (TPSA) is 52.5 Å². The van der Waals surface area contributed by atoms with E-state index in [1.54, 1.807) is 26.4 Å². The maximum Gasteiger partial charge on any atom is 0.221 e. The van der Waals surface area contributed by atoms with E-state index >= 15 is 0 Å². The second-order valence-corrected chi connectivity index (χ2v) is 8.02. The molecule has 1 atom stereocenters. The number of halogens is 1. The molecule has 33 heavy (non-hydrogen) atoms. The first-order valence-electron chi connectivity index (χ1n) is 10.8. The SMILES string of the molecule is COc1cc(OC)cc(C(CC(=O)NCc2ccc(F)cc2)c2cn(C)c3ccccc23)c1. The first-order chi connectivity index (χ1) is 16.0. The smallest absolute Gasteiger partial charge is 0.221 e. The van der Waals surface area contributed by atoms with Crippen LogP contribution in [0.15, 0.2) is 72.9 Å². The molecule has 0 aliphatic carbocycles. The third-order valence-electron chi connectivity index (χ3n) is 5.87. The van der Waals surface area contributed by atoms with Crippen LogP contribution in [-0.2, 0) is 18.4 Å². The molecule has 0 aliphatic heterocycles. The standard InChI is InChI=1S/C27H27FN2O3/c1-30-17-25(23-6-4-5-7-26(23)30)24(19-12-21(32-2)14-22(13-19)33-3)15-27(31)29-16-18-8-10-20(28)11-9-18/h4-14,17,24H,15-16H2,1-3H3,(H,29,31). The number of nitrogens with one attached hydrogen (secondary N) is 1. The van der Waals surface area contributed by atoms with Crippen LogP contribution in [0.4, 0.5) is 4.39 Å². The molecule has 6 heteroatoms. The van der Waals surface area contributed by atoms with Gasteiger partial charge in [0.1, 0.15) is 17.3 Å². The molecule has 3 aromatic carbocycles. The molecule has 1 aromatic heterocycles. The fourth-order valence-electron chi connectivity index (χ4n) is 4.15. The van der Waals surface area contributed by atoms with Crippen molar-refractivity contribution in [3.8, 4) is 11.5 Å². The van der Waals surface area contributed by atoms with Crippen LogP contribution in [0.25, 0.3) is 10.9 Å². The van der Waals surface area contributed by atoms with Crippen molar-refractivity contribution in [1.29, 1.82) is 0 Å². The highest BCUT2D eigenvalue weighted by atomic mass is 19.1. The normalized spacial score (nSPS) is 11.9. The first-order valence-corrected chi connectivity index (χ1v) is 10.8. The molecule has 1 N–H and O–H groups in total. The molecule has 0 spiro atoms. The van der Waals surface area contributed by atoms with Gasteiger partial charge in [-0.25, -0.2) is 4.39 Å². The number of nitrogens with zero attached hydrogens (tertiary/aromatic N) is 1. The lowest BCUT2D eigenvalue weighted by molar-refractivity contribution is -0.121. The number of carbonyl (C=O) groups is 1. The number of rotatable bonds is 8. The molecular weight excluding hydrogens is 419 g/mol. The highest BCUT2D eigenvalue weighted by molar-refractivity contribution is 5.86. The average molecular weight is 447 g/mol. The van der Waals surface area contributed by atoms with Crippen molar-refractivity contribution in [2.24, 2.45) is 7.05 Å². The van der Waals surface area contributed by atoms with E-state index in [-0.39, 0.29) is 24.1 Å².